The van der Waals surface area contributed by atoms with Crippen molar-refractivity contribution in [3.8, 4) is 0 Å². The first-order chi connectivity index (χ1) is 21.6. The fraction of sp³-hybridized carbons (Fsp3) is 0.872. The maximum absolute atomic E-state index is 10.7. The van der Waals surface area contributed by atoms with Crippen molar-refractivity contribution in [1.82, 2.24) is 14.7 Å². The van der Waals surface area contributed by atoms with Crippen LogP contribution < -0.4 is 11.5 Å². The highest BCUT2D eigenvalue weighted by Crippen LogP contribution is 2.29. The summed E-state index contributed by atoms with van der Waals surface area (Å²) in [4.78, 5) is 21.1. The van der Waals surface area contributed by atoms with Gasteiger partial charge in [-0.2, -0.15) is 0 Å². The van der Waals surface area contributed by atoms with E-state index in [1.165, 1.54) is 77.6 Å². The first-order valence-electron chi connectivity index (χ1n) is 17.3. The monoisotopic (exact) mass is 847 g/mol. The van der Waals surface area contributed by atoms with Gasteiger partial charge in [-0.3, -0.25) is 20.6 Å². The Labute approximate surface area is 373 Å². The molecule has 0 aromatic rings. The van der Waals surface area contributed by atoms with E-state index in [0.29, 0.717) is 11.6 Å². The lowest BCUT2D eigenvalue weighted by atomic mass is 10.1. The van der Waals surface area contributed by atoms with Crippen molar-refractivity contribution >= 4 is 34.8 Å². The zero-order valence-corrected chi connectivity index (χ0v) is 32.5. The number of carbonyl (C=O) groups is 1. The van der Waals surface area contributed by atoms with Gasteiger partial charge in [0.2, 0.25) is 5.91 Å². The molecule has 0 aromatic carbocycles. The molecule has 2 saturated heterocycles. The second-order valence-corrected chi connectivity index (χ2v) is 11.4. The van der Waals surface area contributed by atoms with E-state index < -0.39 is 0 Å². The molecule has 0 unspecified atom stereocenters. The van der Waals surface area contributed by atoms with Gasteiger partial charge in [0.1, 0.15) is 0 Å². The Morgan fingerprint density at radius 1 is 0.621 bits per heavy atom. The Morgan fingerprint density at radius 2 is 0.879 bits per heavy atom. The Balaban J connectivity index is -0.0000000220. The van der Waals surface area contributed by atoms with Gasteiger partial charge in [0.15, 0.2) is 0 Å². The Morgan fingerprint density at radius 3 is 0.966 bits per heavy atom. The van der Waals surface area contributed by atoms with Crippen molar-refractivity contribution < 1.29 is 4.79 Å². The van der Waals surface area contributed by atoms with Crippen LogP contribution in [0.1, 0.15) is 223 Å². The predicted octanol–water partition coefficient (Wildman–Crippen LogP) is 14.9. The molecule has 4 aliphatic rings. The number of likely N-dealkylation sites (tertiary alicyclic amines) is 2. The molecule has 0 bridgehead atoms. The molecule has 1 amide bonds. The van der Waals surface area contributed by atoms with E-state index in [4.69, 9.17) is 27.4 Å². The molecular formula is C47H126N10O. The summed E-state index contributed by atoms with van der Waals surface area (Å²) in [6, 6.07) is 0. The Hall–Kier alpha value is -2.82. The topological polar surface area (TPSA) is 187 Å². The maximum Gasteiger partial charge on any atom is 0.219 e. The molecule has 11 nitrogen and oxygen atoms in total. The predicted molar refractivity (Wildman–Crippen MR) is 287 cm³/mol. The molecule has 3 aliphatic heterocycles. The number of nitrogens with one attached hydrogen (secondary N) is 4. The van der Waals surface area contributed by atoms with Crippen LogP contribution in [0.2, 0.25) is 0 Å². The number of aliphatic imine (C=N–C) groups is 1. The van der Waals surface area contributed by atoms with Crippen LogP contribution in [0.15, 0.2) is 4.99 Å². The smallest absolute Gasteiger partial charge is 0.219 e. The van der Waals surface area contributed by atoms with E-state index in [2.05, 4.69) is 41.4 Å². The number of rotatable bonds is 1. The summed E-state index contributed by atoms with van der Waals surface area (Å²) in [5.74, 6) is 2.98. The van der Waals surface area contributed by atoms with Gasteiger partial charge in [0.25, 0.3) is 0 Å². The highest BCUT2D eigenvalue weighted by molar-refractivity contribution is 5.83. The Kier molecular flexibility index (Phi) is 157. The zero-order chi connectivity index (χ0) is 37.1. The lowest BCUT2D eigenvalue weighted by Gasteiger charge is -2.27. The summed E-state index contributed by atoms with van der Waals surface area (Å²) >= 11 is 0. The standard InChI is InChI=1S/C7H14N2.C7H13NO.C5H10N2.C5H9N.C3H7N.C3H8.C2H6N2.C2H6.CH5N.12CH4/c1-7(8)9-5-3-2-4-6-9;1-7(9)8-5-3-2-4-6-8;1-5-6-3-4-7(5)2;1-4(6)5-2-3-5;1-3(2)4;1-3-2;1-2(3)4;2*1-2;;;;;;;;;;;;/h8H,2-6H2,1H3;2-6H2,1H3;3-4H2,1-2H3;5-6H,2-3H2,1H3;4H,1-2H3;3H2,1-2H3;1H3,(H3,3,4);1-2H3;2H2,1H3;12*1H4. The van der Waals surface area contributed by atoms with Gasteiger partial charge in [0, 0.05) is 58.1 Å². The van der Waals surface area contributed by atoms with E-state index in [1.807, 2.05) is 39.5 Å². The molecule has 1 saturated carbocycles. The number of piperidine rings is 2. The number of hydrogen-bond donors (Lipinski definition) is 6. The van der Waals surface area contributed by atoms with Crippen LogP contribution in [-0.4, -0.2) is 103 Å². The van der Waals surface area contributed by atoms with Crippen LogP contribution in [0.25, 0.3) is 0 Å². The van der Waals surface area contributed by atoms with Gasteiger partial charge < -0.3 is 37.0 Å². The van der Waals surface area contributed by atoms with Crippen LogP contribution in [0.5, 0.6) is 0 Å². The molecule has 0 atom stereocenters. The molecular weight excluding hydrogens is 721 g/mol. The minimum Gasteiger partial charge on any atom is -0.388 e. The average Bonchev–Trinajstić information content (AvgIpc) is 3.81. The largest absolute Gasteiger partial charge is 0.388 e. The van der Waals surface area contributed by atoms with Crippen molar-refractivity contribution in [2.75, 3.05) is 53.4 Å². The molecule has 8 N–H and O–H groups in total. The summed E-state index contributed by atoms with van der Waals surface area (Å²) in [5, 5.41) is 27.1. The van der Waals surface area contributed by atoms with Crippen LogP contribution in [0, 0.1) is 27.6 Å². The molecule has 0 spiro atoms. The normalized spacial score (nSPS) is 12.2. The molecule has 11 heteroatoms. The number of amides is 1. The van der Waals surface area contributed by atoms with E-state index in [1.54, 1.807) is 20.8 Å². The minimum atomic E-state index is 0. The Bertz CT molecular complexity index is 738. The molecule has 1 aliphatic carbocycles. The number of amidine groups is 3. The van der Waals surface area contributed by atoms with Crippen LogP contribution in [0.3, 0.4) is 0 Å². The SMILES string of the molecule is C.C.C.C.C.C.C.C.C.C.C.C.CC.CC(=N)C1CC1.CC(=N)N.CC(=N)N1CCCCC1.CC(=O)N1CCCCC1.CC(C)=N.CC1=NCCN1C.CCC.CN. The van der Waals surface area contributed by atoms with Crippen molar-refractivity contribution in [2.45, 2.75) is 223 Å². The highest BCUT2D eigenvalue weighted by Gasteiger charge is 2.22. The van der Waals surface area contributed by atoms with Crippen LogP contribution in [-0.2, 0) is 4.79 Å². The van der Waals surface area contributed by atoms with Crippen molar-refractivity contribution in [1.29, 1.82) is 21.6 Å². The summed E-state index contributed by atoms with van der Waals surface area (Å²) in [7, 11) is 3.56. The number of hydrogen-bond acceptors (Lipinski definition) is 8. The van der Waals surface area contributed by atoms with E-state index in [-0.39, 0.29) is 101 Å². The number of nitrogens with two attached hydrogens (primary N) is 2. The minimum absolute atomic E-state index is 0. The first kappa shape index (κ1) is 111. The summed E-state index contributed by atoms with van der Waals surface area (Å²) in [6.45, 7) is 27.0. The van der Waals surface area contributed by atoms with Gasteiger partial charge in [-0.25, -0.2) is 0 Å². The van der Waals surface area contributed by atoms with Gasteiger partial charge in [-0.15, -0.1) is 0 Å². The number of carbonyl (C=O) groups excluding carboxylic acids is 1. The fourth-order valence-corrected chi connectivity index (χ4v) is 3.60. The molecule has 0 radical (unpaired) electrons. The highest BCUT2D eigenvalue weighted by atomic mass is 16.2. The molecule has 370 valence electrons. The van der Waals surface area contributed by atoms with Crippen molar-refractivity contribution in [3.05, 3.63) is 0 Å². The molecule has 58 heavy (non-hydrogen) atoms. The number of likely N-dealkylation sites (N-methyl/N-ethyl adjacent to an activating group) is 1. The summed E-state index contributed by atoms with van der Waals surface area (Å²) in [6.07, 6.45) is 11.4. The summed E-state index contributed by atoms with van der Waals surface area (Å²) in [5.41, 5.74) is 10.7. The van der Waals surface area contributed by atoms with Gasteiger partial charge >= 0.3 is 0 Å². The third-order valence-corrected chi connectivity index (χ3v) is 6.15. The second kappa shape index (κ2) is 82.2. The van der Waals surface area contributed by atoms with Gasteiger partial charge in [0.05, 0.1) is 24.1 Å². The zero-order valence-electron chi connectivity index (χ0n) is 32.5. The third kappa shape index (κ3) is 99.3. The maximum atomic E-state index is 10.7. The molecule has 0 aromatic heterocycles. The second-order valence-electron chi connectivity index (χ2n) is 11.4. The molecule has 4 rings (SSSR count). The summed E-state index contributed by atoms with van der Waals surface area (Å²) < 4.78 is 0. The van der Waals surface area contributed by atoms with Crippen molar-refractivity contribution in [2.24, 2.45) is 22.4 Å². The van der Waals surface area contributed by atoms with Crippen molar-refractivity contribution in [3.63, 3.8) is 0 Å². The van der Waals surface area contributed by atoms with E-state index >= 15 is 0 Å². The lowest BCUT2D eigenvalue weighted by molar-refractivity contribution is -0.129. The molecule has 3 heterocycles. The van der Waals surface area contributed by atoms with Crippen LogP contribution >= 0.6 is 0 Å². The van der Waals surface area contributed by atoms with Gasteiger partial charge in [-0.05, 0) is 106 Å². The molecule has 3 fully saturated rings. The van der Waals surface area contributed by atoms with Gasteiger partial charge in [-0.1, -0.05) is 123 Å². The van der Waals surface area contributed by atoms with E-state index in [0.717, 1.165) is 50.8 Å². The third-order valence-electron chi connectivity index (χ3n) is 6.15. The lowest BCUT2D eigenvalue weighted by Crippen LogP contribution is -2.33. The van der Waals surface area contributed by atoms with Crippen LogP contribution in [0.4, 0.5) is 0 Å². The quantitative estimate of drug-likeness (QED) is 0.113. The number of nitrogens with zero attached hydrogens (tertiary/aromatic N) is 4. The fourth-order valence-electron chi connectivity index (χ4n) is 3.60. The van der Waals surface area contributed by atoms with E-state index in [9.17, 15) is 4.79 Å². The first-order valence-corrected chi connectivity index (χ1v) is 17.3. The average molecular weight is 848 g/mol.